The third-order valence-electron chi connectivity index (χ3n) is 6.45. The Morgan fingerprint density at radius 3 is 2.09 bits per heavy atom. The Hall–Kier alpha value is -3.64. The first-order valence-corrected chi connectivity index (χ1v) is 11.2. The predicted molar refractivity (Wildman–Crippen MR) is 131 cm³/mol. The normalized spacial score (nSPS) is 15.1. The van der Waals surface area contributed by atoms with Gasteiger partial charge in [0.2, 0.25) is 0 Å². The quantitative estimate of drug-likeness (QED) is 0.381. The van der Waals surface area contributed by atoms with E-state index in [9.17, 15) is 0 Å². The molecule has 1 aliphatic heterocycles. The maximum absolute atomic E-state index is 6.06. The zero-order valence-corrected chi connectivity index (χ0v) is 18.1. The van der Waals surface area contributed by atoms with Crippen LogP contribution in [-0.4, -0.2) is 39.1 Å². The fourth-order valence-electron chi connectivity index (χ4n) is 4.49. The summed E-state index contributed by atoms with van der Waals surface area (Å²) in [6.45, 7) is 4.11. The van der Waals surface area contributed by atoms with E-state index in [1.807, 2.05) is 0 Å². The lowest BCUT2D eigenvalue weighted by Crippen LogP contribution is -2.39. The zero-order valence-electron chi connectivity index (χ0n) is 18.1. The number of anilines is 1. The van der Waals surface area contributed by atoms with E-state index in [1.54, 1.807) is 0 Å². The predicted octanol–water partition coefficient (Wildman–Crippen LogP) is 5.01. The maximum Gasteiger partial charge on any atom is 0.138 e. The van der Waals surface area contributed by atoms with Crippen LogP contribution in [-0.2, 0) is 0 Å². The lowest BCUT2D eigenvalue weighted by Gasteiger charge is -2.31. The van der Waals surface area contributed by atoms with Gasteiger partial charge in [0.15, 0.2) is 0 Å². The number of aromatic amines is 2. The summed E-state index contributed by atoms with van der Waals surface area (Å²) in [7, 11) is 0. The summed E-state index contributed by atoms with van der Waals surface area (Å²) in [6, 6.07) is 21.4. The smallest absolute Gasteiger partial charge is 0.138 e. The monoisotopic (exact) mass is 422 g/mol. The summed E-state index contributed by atoms with van der Waals surface area (Å²) >= 11 is 0. The Kier molecular flexibility index (Phi) is 4.47. The van der Waals surface area contributed by atoms with Crippen molar-refractivity contribution >= 4 is 27.8 Å². The van der Waals surface area contributed by atoms with E-state index in [2.05, 4.69) is 82.5 Å². The summed E-state index contributed by atoms with van der Waals surface area (Å²) in [5, 5.41) is 0. The number of hydrogen-bond acceptors (Lipinski definition) is 4. The lowest BCUT2D eigenvalue weighted by molar-refractivity contribution is 0.501. The largest absolute Gasteiger partial charge is 0.371 e. The first kappa shape index (κ1) is 19.1. The number of nitrogens with zero attached hydrogens (tertiary/aromatic N) is 3. The first-order chi connectivity index (χ1) is 15.6. The molecule has 2 aromatic heterocycles. The van der Waals surface area contributed by atoms with Crippen LogP contribution in [0.15, 0.2) is 60.7 Å². The molecule has 32 heavy (non-hydrogen) atoms. The van der Waals surface area contributed by atoms with Crippen molar-refractivity contribution in [2.75, 3.05) is 18.0 Å². The SMILES string of the molecule is Cc1ccc(-c2nc3ccc(-c4nc5ccc(N6CCC(N)CC6)cc5[nH]4)cc3[nH]2)cc1. The molecule has 3 heterocycles. The van der Waals surface area contributed by atoms with Crippen LogP contribution >= 0.6 is 0 Å². The number of hydrogen-bond donors (Lipinski definition) is 3. The number of benzene rings is 3. The minimum Gasteiger partial charge on any atom is -0.371 e. The van der Waals surface area contributed by atoms with E-state index in [-0.39, 0.29) is 0 Å². The van der Waals surface area contributed by atoms with Gasteiger partial charge in [-0.15, -0.1) is 0 Å². The molecule has 0 spiro atoms. The van der Waals surface area contributed by atoms with Crippen LogP contribution in [0.3, 0.4) is 0 Å². The van der Waals surface area contributed by atoms with Crippen LogP contribution in [0.5, 0.6) is 0 Å². The average Bonchev–Trinajstić information content (AvgIpc) is 3.43. The molecule has 0 amide bonds. The van der Waals surface area contributed by atoms with Crippen LogP contribution in [0.4, 0.5) is 5.69 Å². The molecular weight excluding hydrogens is 396 g/mol. The standard InChI is InChI=1S/C26H26N6/c1-16-2-4-17(5-3-16)25-28-21-8-6-18(14-23(21)30-25)26-29-22-9-7-20(15-24(22)31-26)32-12-10-19(27)11-13-32/h2-9,14-15,19H,10-13,27H2,1H3,(H,28,30)(H,29,31). The summed E-state index contributed by atoms with van der Waals surface area (Å²) in [4.78, 5) is 19.0. The highest BCUT2D eigenvalue weighted by molar-refractivity contribution is 5.87. The number of imidazole rings is 2. The molecule has 5 aromatic rings. The molecule has 1 fully saturated rings. The first-order valence-electron chi connectivity index (χ1n) is 11.2. The summed E-state index contributed by atoms with van der Waals surface area (Å²) in [6.07, 6.45) is 2.09. The second-order valence-electron chi connectivity index (χ2n) is 8.79. The van der Waals surface area contributed by atoms with E-state index in [4.69, 9.17) is 15.7 Å². The number of nitrogens with one attached hydrogen (secondary N) is 2. The van der Waals surface area contributed by atoms with Crippen LogP contribution in [0.2, 0.25) is 0 Å². The summed E-state index contributed by atoms with van der Waals surface area (Å²) < 4.78 is 0. The van der Waals surface area contributed by atoms with Crippen molar-refractivity contribution in [3.63, 3.8) is 0 Å². The zero-order chi connectivity index (χ0) is 21.7. The third-order valence-corrected chi connectivity index (χ3v) is 6.45. The van der Waals surface area contributed by atoms with Crippen molar-refractivity contribution in [1.29, 1.82) is 0 Å². The molecule has 0 aliphatic carbocycles. The molecular formula is C26H26N6. The molecule has 6 nitrogen and oxygen atoms in total. The molecule has 0 radical (unpaired) electrons. The van der Waals surface area contributed by atoms with Gasteiger partial charge in [-0.2, -0.15) is 0 Å². The van der Waals surface area contributed by atoms with E-state index >= 15 is 0 Å². The number of aryl methyl sites for hydroxylation is 1. The summed E-state index contributed by atoms with van der Waals surface area (Å²) in [5.41, 5.74) is 14.6. The fraction of sp³-hybridized carbons (Fsp3) is 0.231. The van der Waals surface area contributed by atoms with Gasteiger partial charge < -0.3 is 20.6 Å². The third kappa shape index (κ3) is 3.42. The Balaban J connectivity index is 1.32. The van der Waals surface area contributed by atoms with Crippen molar-refractivity contribution in [2.45, 2.75) is 25.8 Å². The van der Waals surface area contributed by atoms with E-state index in [1.165, 1.54) is 11.3 Å². The highest BCUT2D eigenvalue weighted by atomic mass is 15.1. The van der Waals surface area contributed by atoms with E-state index < -0.39 is 0 Å². The van der Waals surface area contributed by atoms with E-state index in [0.29, 0.717) is 6.04 Å². The van der Waals surface area contributed by atoms with Gasteiger partial charge in [-0.3, -0.25) is 0 Å². The fourth-order valence-corrected chi connectivity index (χ4v) is 4.49. The molecule has 3 aromatic carbocycles. The number of H-pyrrole nitrogens is 2. The van der Waals surface area contributed by atoms with Gasteiger partial charge in [0, 0.05) is 35.9 Å². The molecule has 160 valence electrons. The van der Waals surface area contributed by atoms with Crippen LogP contribution in [0, 0.1) is 6.92 Å². The lowest BCUT2D eigenvalue weighted by atomic mass is 10.1. The van der Waals surface area contributed by atoms with Crippen molar-refractivity contribution in [3.8, 4) is 22.8 Å². The molecule has 6 heteroatoms. The Labute approximate surface area is 186 Å². The second-order valence-corrected chi connectivity index (χ2v) is 8.79. The van der Waals surface area contributed by atoms with Gasteiger partial charge in [-0.05, 0) is 56.2 Å². The molecule has 1 aliphatic rings. The Morgan fingerprint density at radius 1 is 0.781 bits per heavy atom. The molecule has 0 saturated carbocycles. The Bertz CT molecular complexity index is 1400. The molecule has 0 atom stereocenters. The van der Waals surface area contributed by atoms with Crippen LogP contribution in [0.1, 0.15) is 18.4 Å². The van der Waals surface area contributed by atoms with Crippen molar-refractivity contribution < 1.29 is 0 Å². The second kappa shape index (κ2) is 7.50. The highest BCUT2D eigenvalue weighted by Gasteiger charge is 2.17. The van der Waals surface area contributed by atoms with E-state index in [0.717, 1.165) is 70.8 Å². The minimum atomic E-state index is 0.331. The van der Waals surface area contributed by atoms with Crippen LogP contribution in [0.25, 0.3) is 44.8 Å². The molecule has 0 unspecified atom stereocenters. The minimum absolute atomic E-state index is 0.331. The van der Waals surface area contributed by atoms with Crippen molar-refractivity contribution in [1.82, 2.24) is 19.9 Å². The average molecular weight is 423 g/mol. The number of rotatable bonds is 3. The van der Waals surface area contributed by atoms with Gasteiger partial charge in [0.05, 0.1) is 22.1 Å². The highest BCUT2D eigenvalue weighted by Crippen LogP contribution is 2.28. The van der Waals surface area contributed by atoms with Gasteiger partial charge in [0.25, 0.3) is 0 Å². The number of nitrogens with two attached hydrogens (primary N) is 1. The van der Waals surface area contributed by atoms with Crippen molar-refractivity contribution in [3.05, 3.63) is 66.2 Å². The number of aromatic nitrogens is 4. The number of fused-ring (bicyclic) bond motifs is 2. The Morgan fingerprint density at radius 2 is 1.38 bits per heavy atom. The molecule has 1 saturated heterocycles. The van der Waals surface area contributed by atoms with Crippen molar-refractivity contribution in [2.24, 2.45) is 5.73 Å². The summed E-state index contributed by atoms with van der Waals surface area (Å²) in [5.74, 6) is 1.75. The molecule has 6 rings (SSSR count). The van der Waals surface area contributed by atoms with Gasteiger partial charge in [-0.1, -0.05) is 29.8 Å². The van der Waals surface area contributed by atoms with Gasteiger partial charge in [-0.25, -0.2) is 9.97 Å². The maximum atomic E-state index is 6.06. The molecule has 4 N–H and O–H groups in total. The topological polar surface area (TPSA) is 86.6 Å². The van der Waals surface area contributed by atoms with Gasteiger partial charge in [0.1, 0.15) is 11.6 Å². The van der Waals surface area contributed by atoms with Gasteiger partial charge >= 0.3 is 0 Å². The number of piperidine rings is 1. The van der Waals surface area contributed by atoms with Crippen LogP contribution < -0.4 is 10.6 Å². The molecule has 0 bridgehead atoms.